The number of rotatable bonds is 7. The van der Waals surface area contributed by atoms with Crippen molar-refractivity contribution in [2.24, 2.45) is 0 Å². The summed E-state index contributed by atoms with van der Waals surface area (Å²) in [5.41, 5.74) is 9.21. The first-order valence-electron chi connectivity index (χ1n) is 10.9. The van der Waals surface area contributed by atoms with E-state index in [1.165, 1.54) is 33.4 Å². The lowest BCUT2D eigenvalue weighted by Gasteiger charge is -2.18. The predicted octanol–water partition coefficient (Wildman–Crippen LogP) is 5.77. The van der Waals surface area contributed by atoms with Crippen molar-refractivity contribution in [3.05, 3.63) is 86.9 Å². The summed E-state index contributed by atoms with van der Waals surface area (Å²) in [6.07, 6.45) is 0.857. The second-order valence-electron chi connectivity index (χ2n) is 8.18. The molecule has 0 saturated heterocycles. The number of esters is 1. The lowest BCUT2D eigenvalue weighted by Crippen LogP contribution is -2.11. The summed E-state index contributed by atoms with van der Waals surface area (Å²) in [4.78, 5) is 24.2. The molecular weight excluding hydrogens is 402 g/mol. The number of hydrogen-bond acceptors (Lipinski definition) is 4. The first-order valence-corrected chi connectivity index (χ1v) is 10.9. The van der Waals surface area contributed by atoms with Crippen molar-refractivity contribution in [1.82, 2.24) is 0 Å². The van der Waals surface area contributed by atoms with Gasteiger partial charge in [-0.15, -0.1) is 0 Å². The minimum Gasteiger partial charge on any atom is -0.466 e. The Labute approximate surface area is 189 Å². The maximum atomic E-state index is 12.6. The van der Waals surface area contributed by atoms with Gasteiger partial charge in [0, 0.05) is 12.1 Å². The van der Waals surface area contributed by atoms with Crippen LogP contribution in [0.2, 0.25) is 0 Å². The fourth-order valence-electron chi connectivity index (χ4n) is 3.89. The Balaban J connectivity index is 1.69. The van der Waals surface area contributed by atoms with Gasteiger partial charge < -0.3 is 14.5 Å². The van der Waals surface area contributed by atoms with Crippen molar-refractivity contribution >= 4 is 17.6 Å². The second-order valence-corrected chi connectivity index (χ2v) is 8.18. The van der Waals surface area contributed by atoms with E-state index >= 15 is 0 Å². The van der Waals surface area contributed by atoms with E-state index in [2.05, 4.69) is 39.9 Å². The van der Waals surface area contributed by atoms with Gasteiger partial charge in [-0.1, -0.05) is 12.1 Å². The van der Waals surface area contributed by atoms with Gasteiger partial charge in [0.25, 0.3) is 5.91 Å². The van der Waals surface area contributed by atoms with Crippen LogP contribution in [0.5, 0.6) is 0 Å². The average molecular weight is 434 g/mol. The van der Waals surface area contributed by atoms with E-state index in [1.807, 2.05) is 6.07 Å². The van der Waals surface area contributed by atoms with Crippen LogP contribution in [-0.2, 0) is 22.4 Å². The molecule has 0 unspecified atom stereocenters. The first-order chi connectivity index (χ1) is 15.2. The first kappa shape index (κ1) is 23.3. The van der Waals surface area contributed by atoms with Crippen molar-refractivity contribution in [2.75, 3.05) is 11.9 Å². The number of furan rings is 1. The Bertz CT molecular complexity index is 1110. The van der Waals surface area contributed by atoms with Crippen LogP contribution < -0.4 is 5.32 Å². The number of carbonyl (C=O) groups is 2. The maximum absolute atomic E-state index is 12.6. The highest BCUT2D eigenvalue weighted by atomic mass is 16.5. The van der Waals surface area contributed by atoms with Crippen LogP contribution in [0.4, 0.5) is 5.69 Å². The summed E-state index contributed by atoms with van der Waals surface area (Å²) in [5, 5.41) is 2.84. The summed E-state index contributed by atoms with van der Waals surface area (Å²) in [6, 6.07) is 10.7. The van der Waals surface area contributed by atoms with Crippen molar-refractivity contribution in [3.63, 3.8) is 0 Å². The van der Waals surface area contributed by atoms with Crippen LogP contribution in [-0.4, -0.2) is 18.5 Å². The minimum atomic E-state index is -0.306. The molecule has 32 heavy (non-hydrogen) atoms. The number of amides is 1. The molecule has 1 aromatic heterocycles. The molecule has 0 radical (unpaired) electrons. The fourth-order valence-corrected chi connectivity index (χ4v) is 3.89. The summed E-state index contributed by atoms with van der Waals surface area (Å²) >= 11 is 0. The van der Waals surface area contributed by atoms with E-state index in [-0.39, 0.29) is 24.1 Å². The third kappa shape index (κ3) is 5.10. The van der Waals surface area contributed by atoms with E-state index in [4.69, 9.17) is 9.15 Å². The Kier molecular flexibility index (Phi) is 7.18. The molecule has 0 saturated carbocycles. The third-order valence-electron chi connectivity index (χ3n) is 6.26. The smallest absolute Gasteiger partial charge is 0.310 e. The normalized spacial score (nSPS) is 10.8. The van der Waals surface area contributed by atoms with Gasteiger partial charge in [-0.05, 0) is 105 Å². The van der Waals surface area contributed by atoms with E-state index in [0.717, 1.165) is 11.3 Å². The van der Waals surface area contributed by atoms with E-state index < -0.39 is 0 Å². The Morgan fingerprint density at radius 3 is 2.03 bits per heavy atom. The summed E-state index contributed by atoms with van der Waals surface area (Å²) in [7, 11) is 0. The van der Waals surface area contributed by atoms with Gasteiger partial charge in [0.15, 0.2) is 5.76 Å². The average Bonchev–Trinajstić information content (AvgIpc) is 3.24. The fraction of sp³-hybridized carbons (Fsp3) is 0.333. The quantitative estimate of drug-likeness (QED) is 0.480. The molecule has 0 aliphatic carbocycles. The van der Waals surface area contributed by atoms with Gasteiger partial charge >= 0.3 is 5.97 Å². The number of anilines is 1. The van der Waals surface area contributed by atoms with Gasteiger partial charge in [0.1, 0.15) is 5.76 Å². The van der Waals surface area contributed by atoms with Crippen molar-refractivity contribution in [3.8, 4) is 0 Å². The topological polar surface area (TPSA) is 68.5 Å². The van der Waals surface area contributed by atoms with Crippen LogP contribution in [0.3, 0.4) is 0 Å². The maximum Gasteiger partial charge on any atom is 0.310 e. The predicted molar refractivity (Wildman–Crippen MR) is 126 cm³/mol. The van der Waals surface area contributed by atoms with Crippen LogP contribution in [0.1, 0.15) is 62.2 Å². The molecule has 0 aliphatic heterocycles. The summed E-state index contributed by atoms with van der Waals surface area (Å²) < 4.78 is 10.8. The van der Waals surface area contributed by atoms with Gasteiger partial charge in [-0.25, -0.2) is 0 Å². The molecule has 0 atom stereocenters. The molecule has 3 aromatic rings. The second kappa shape index (κ2) is 9.86. The zero-order chi connectivity index (χ0) is 23.4. The van der Waals surface area contributed by atoms with E-state index in [0.29, 0.717) is 18.7 Å². The number of hydrogen-bond donors (Lipinski definition) is 1. The lowest BCUT2D eigenvalue weighted by atomic mass is 9.88. The molecule has 1 heterocycles. The summed E-state index contributed by atoms with van der Waals surface area (Å²) in [5.74, 6) is 0.455. The number of carbonyl (C=O) groups excluding carboxylic acids is 2. The monoisotopic (exact) mass is 433 g/mol. The van der Waals surface area contributed by atoms with E-state index in [9.17, 15) is 9.59 Å². The Morgan fingerprint density at radius 1 is 0.844 bits per heavy atom. The van der Waals surface area contributed by atoms with Crippen molar-refractivity contribution < 1.29 is 18.7 Å². The standard InChI is InChI=1S/C27H31NO4/c1-7-31-26(29)14-21-8-10-22(11-9-21)28-27(30)25-13-12-23(32-25)15-24-19(5)17(3)16(2)18(4)20(24)6/h8-13H,7,14-15H2,1-6H3,(H,28,30). The van der Waals surface area contributed by atoms with Gasteiger partial charge in [-0.2, -0.15) is 0 Å². The largest absolute Gasteiger partial charge is 0.466 e. The number of ether oxygens (including phenoxy) is 1. The van der Waals surface area contributed by atoms with Gasteiger partial charge in [0.2, 0.25) is 0 Å². The number of nitrogens with one attached hydrogen (secondary N) is 1. The van der Waals surface area contributed by atoms with Gasteiger partial charge in [-0.3, -0.25) is 9.59 Å². The molecule has 1 amide bonds. The number of benzene rings is 2. The van der Waals surface area contributed by atoms with Gasteiger partial charge in [0.05, 0.1) is 13.0 Å². The molecule has 3 rings (SSSR count). The lowest BCUT2D eigenvalue weighted by molar-refractivity contribution is -0.142. The molecule has 0 aliphatic rings. The molecular formula is C27H31NO4. The van der Waals surface area contributed by atoms with E-state index in [1.54, 1.807) is 37.3 Å². The SMILES string of the molecule is CCOC(=O)Cc1ccc(NC(=O)c2ccc(Cc3c(C)c(C)c(C)c(C)c3C)o2)cc1. The van der Waals surface area contributed by atoms with Crippen molar-refractivity contribution in [1.29, 1.82) is 0 Å². The van der Waals surface area contributed by atoms with Crippen LogP contribution >= 0.6 is 0 Å². The molecule has 0 spiro atoms. The molecule has 2 aromatic carbocycles. The molecule has 5 heteroatoms. The van der Waals surface area contributed by atoms with Crippen LogP contribution in [0.25, 0.3) is 0 Å². The molecule has 0 bridgehead atoms. The Hall–Kier alpha value is -3.34. The zero-order valence-corrected chi connectivity index (χ0v) is 19.7. The third-order valence-corrected chi connectivity index (χ3v) is 6.26. The summed E-state index contributed by atoms with van der Waals surface area (Å²) in [6.45, 7) is 12.9. The van der Waals surface area contributed by atoms with Crippen LogP contribution in [0.15, 0.2) is 40.8 Å². The highest BCUT2D eigenvalue weighted by Gasteiger charge is 2.16. The van der Waals surface area contributed by atoms with Crippen molar-refractivity contribution in [2.45, 2.75) is 54.4 Å². The highest BCUT2D eigenvalue weighted by Crippen LogP contribution is 2.28. The molecule has 0 fully saturated rings. The highest BCUT2D eigenvalue weighted by molar-refractivity contribution is 6.02. The molecule has 168 valence electrons. The molecule has 1 N–H and O–H groups in total. The zero-order valence-electron chi connectivity index (χ0n) is 19.7. The van der Waals surface area contributed by atoms with Crippen LogP contribution in [0, 0.1) is 34.6 Å². The Morgan fingerprint density at radius 2 is 1.44 bits per heavy atom. The molecule has 5 nitrogen and oxygen atoms in total. The minimum absolute atomic E-state index is 0.209.